The molecule has 5 heteroatoms. The number of hydrogen-bond donors (Lipinski definition) is 1. The van der Waals surface area contributed by atoms with Crippen LogP contribution in [0.5, 0.6) is 0 Å². The molecule has 0 bridgehead atoms. The van der Waals surface area contributed by atoms with E-state index in [0.29, 0.717) is 12.6 Å². The fourth-order valence-corrected chi connectivity index (χ4v) is 2.00. The van der Waals surface area contributed by atoms with Crippen LogP contribution in [0.25, 0.3) is 0 Å². The van der Waals surface area contributed by atoms with Crippen LogP contribution < -0.4 is 5.32 Å². The molecule has 0 spiro atoms. The van der Waals surface area contributed by atoms with Crippen molar-refractivity contribution in [2.24, 2.45) is 0 Å². The first kappa shape index (κ1) is 15.3. The molecule has 0 amide bonds. The third-order valence-corrected chi connectivity index (χ3v) is 3.41. The van der Waals surface area contributed by atoms with Crippen LogP contribution >= 0.6 is 0 Å². The van der Waals surface area contributed by atoms with E-state index in [2.05, 4.69) is 5.32 Å². The van der Waals surface area contributed by atoms with E-state index in [4.69, 9.17) is 4.74 Å². The average molecular weight is 287 g/mol. The Morgan fingerprint density at radius 3 is 2.60 bits per heavy atom. The van der Waals surface area contributed by atoms with Gasteiger partial charge in [0.15, 0.2) is 6.10 Å². The number of nitrogens with one attached hydrogen (secondary N) is 1. The molecule has 112 valence electrons. The van der Waals surface area contributed by atoms with E-state index in [1.807, 2.05) is 31.2 Å². The molecule has 1 N–H and O–H groups in total. The minimum atomic E-state index is -4.33. The van der Waals surface area contributed by atoms with Crippen molar-refractivity contribution in [2.45, 2.75) is 51.1 Å². The Bertz CT molecular complexity index is 443. The quantitative estimate of drug-likeness (QED) is 0.860. The van der Waals surface area contributed by atoms with Crippen LogP contribution in [0.4, 0.5) is 13.2 Å². The van der Waals surface area contributed by atoms with E-state index in [1.54, 1.807) is 0 Å². The summed E-state index contributed by atoms with van der Waals surface area (Å²) in [7, 11) is 0. The summed E-state index contributed by atoms with van der Waals surface area (Å²) < 4.78 is 43.3. The lowest BCUT2D eigenvalue weighted by atomic mass is 10.1. The summed E-state index contributed by atoms with van der Waals surface area (Å²) in [4.78, 5) is 0. The predicted octanol–water partition coefficient (Wildman–Crippen LogP) is 3.76. The maximum Gasteiger partial charge on any atom is 0.414 e. The first-order valence-corrected chi connectivity index (χ1v) is 6.88. The molecule has 2 rings (SSSR count). The van der Waals surface area contributed by atoms with Crippen LogP contribution in [0, 0.1) is 6.92 Å². The van der Waals surface area contributed by atoms with Gasteiger partial charge in [-0.05, 0) is 32.3 Å². The fraction of sp³-hybridized carbons (Fsp3) is 0.600. The largest absolute Gasteiger partial charge is 0.414 e. The van der Waals surface area contributed by atoms with E-state index < -0.39 is 18.4 Å². The first-order valence-electron chi connectivity index (χ1n) is 6.88. The van der Waals surface area contributed by atoms with Crippen LogP contribution in [0.3, 0.4) is 0 Å². The molecule has 0 aliphatic heterocycles. The molecular formula is C15H20F3NO. The Kier molecular flexibility index (Phi) is 4.70. The number of halogens is 3. The van der Waals surface area contributed by atoms with Crippen molar-refractivity contribution in [3.63, 3.8) is 0 Å². The van der Waals surface area contributed by atoms with Crippen LogP contribution in [-0.2, 0) is 4.74 Å². The molecule has 0 radical (unpaired) electrons. The lowest BCUT2D eigenvalue weighted by molar-refractivity contribution is -0.227. The Hall–Kier alpha value is -1.07. The fourth-order valence-electron chi connectivity index (χ4n) is 2.00. The smallest absolute Gasteiger partial charge is 0.360 e. The second kappa shape index (κ2) is 6.14. The van der Waals surface area contributed by atoms with Gasteiger partial charge in [-0.1, -0.05) is 29.8 Å². The zero-order valence-electron chi connectivity index (χ0n) is 11.7. The summed E-state index contributed by atoms with van der Waals surface area (Å²) in [5.74, 6) is 0. The van der Waals surface area contributed by atoms with Crippen LogP contribution in [0.2, 0.25) is 0 Å². The number of alkyl halides is 3. The molecule has 20 heavy (non-hydrogen) atoms. The van der Waals surface area contributed by atoms with Gasteiger partial charge < -0.3 is 10.1 Å². The molecule has 1 aromatic rings. The molecule has 1 saturated carbocycles. The maximum absolute atomic E-state index is 12.7. The Morgan fingerprint density at radius 2 is 2.05 bits per heavy atom. The maximum atomic E-state index is 12.7. The molecule has 1 aliphatic carbocycles. The van der Waals surface area contributed by atoms with E-state index in [9.17, 15) is 13.2 Å². The summed E-state index contributed by atoms with van der Waals surface area (Å²) in [5.41, 5.74) is 1.80. The molecule has 0 heterocycles. The van der Waals surface area contributed by atoms with Gasteiger partial charge >= 0.3 is 6.18 Å². The topological polar surface area (TPSA) is 21.3 Å². The van der Waals surface area contributed by atoms with Gasteiger partial charge in [0.2, 0.25) is 0 Å². The third-order valence-electron chi connectivity index (χ3n) is 3.41. The van der Waals surface area contributed by atoms with Gasteiger partial charge in [-0.15, -0.1) is 0 Å². The zero-order valence-corrected chi connectivity index (χ0v) is 11.7. The monoisotopic (exact) mass is 287 g/mol. The van der Waals surface area contributed by atoms with E-state index >= 15 is 0 Å². The molecule has 0 saturated heterocycles. The molecule has 0 aromatic heterocycles. The highest BCUT2D eigenvalue weighted by Crippen LogP contribution is 2.29. The molecule has 1 aliphatic rings. The SMILES string of the molecule is Cc1cccc(C(CNC2CC2)OC(C)C(F)(F)F)c1. The zero-order chi connectivity index (χ0) is 14.8. The van der Waals surface area contributed by atoms with Crippen molar-refractivity contribution in [3.05, 3.63) is 35.4 Å². The van der Waals surface area contributed by atoms with Crippen molar-refractivity contribution in [1.82, 2.24) is 5.32 Å². The normalized spacial score (nSPS) is 18.9. The standard InChI is InChI=1S/C15H20F3NO/c1-10-4-3-5-12(8-10)14(9-19-13-6-7-13)20-11(2)15(16,17)18/h3-5,8,11,13-14,19H,6-7,9H2,1-2H3. The number of benzene rings is 1. The summed E-state index contributed by atoms with van der Waals surface area (Å²) in [5, 5.41) is 3.24. The van der Waals surface area contributed by atoms with Crippen molar-refractivity contribution in [3.8, 4) is 0 Å². The van der Waals surface area contributed by atoms with Gasteiger partial charge in [0.25, 0.3) is 0 Å². The summed E-state index contributed by atoms with van der Waals surface area (Å²) in [6, 6.07) is 7.89. The molecule has 1 aromatic carbocycles. The Balaban J connectivity index is 2.06. The Morgan fingerprint density at radius 1 is 1.35 bits per heavy atom. The van der Waals surface area contributed by atoms with E-state index in [1.165, 1.54) is 0 Å². The number of ether oxygens (including phenoxy) is 1. The average Bonchev–Trinajstić information content (AvgIpc) is 3.16. The minimum absolute atomic E-state index is 0.411. The summed E-state index contributed by atoms with van der Waals surface area (Å²) in [6.07, 6.45) is -4.49. The van der Waals surface area contributed by atoms with E-state index in [0.717, 1.165) is 30.9 Å². The van der Waals surface area contributed by atoms with Crippen molar-refractivity contribution >= 4 is 0 Å². The summed E-state index contributed by atoms with van der Waals surface area (Å²) >= 11 is 0. The van der Waals surface area contributed by atoms with E-state index in [-0.39, 0.29) is 0 Å². The van der Waals surface area contributed by atoms with Gasteiger partial charge in [0.05, 0.1) is 6.10 Å². The highest BCUT2D eigenvalue weighted by molar-refractivity contribution is 5.24. The Labute approximate surface area is 117 Å². The second-order valence-corrected chi connectivity index (χ2v) is 5.41. The predicted molar refractivity (Wildman–Crippen MR) is 71.5 cm³/mol. The first-order chi connectivity index (χ1) is 9.36. The number of rotatable bonds is 6. The van der Waals surface area contributed by atoms with Gasteiger partial charge in [0, 0.05) is 12.6 Å². The molecule has 2 atom stereocenters. The lowest BCUT2D eigenvalue weighted by Gasteiger charge is -2.25. The molecule has 2 nitrogen and oxygen atoms in total. The van der Waals surface area contributed by atoms with Crippen LogP contribution in [-0.4, -0.2) is 24.9 Å². The van der Waals surface area contributed by atoms with Crippen molar-refractivity contribution in [2.75, 3.05) is 6.54 Å². The number of hydrogen-bond acceptors (Lipinski definition) is 2. The molecular weight excluding hydrogens is 267 g/mol. The lowest BCUT2D eigenvalue weighted by Crippen LogP contribution is -2.34. The second-order valence-electron chi connectivity index (χ2n) is 5.41. The molecule has 1 fully saturated rings. The van der Waals surface area contributed by atoms with Crippen LogP contribution in [0.15, 0.2) is 24.3 Å². The van der Waals surface area contributed by atoms with Gasteiger partial charge in [-0.2, -0.15) is 13.2 Å². The van der Waals surface area contributed by atoms with Gasteiger partial charge in [0.1, 0.15) is 0 Å². The number of aryl methyl sites for hydroxylation is 1. The molecule has 2 unspecified atom stereocenters. The highest BCUT2D eigenvalue weighted by atomic mass is 19.4. The highest BCUT2D eigenvalue weighted by Gasteiger charge is 2.39. The third kappa shape index (κ3) is 4.49. The van der Waals surface area contributed by atoms with Gasteiger partial charge in [-0.25, -0.2) is 0 Å². The van der Waals surface area contributed by atoms with Crippen molar-refractivity contribution in [1.29, 1.82) is 0 Å². The van der Waals surface area contributed by atoms with Gasteiger partial charge in [-0.3, -0.25) is 0 Å². The van der Waals surface area contributed by atoms with Crippen LogP contribution in [0.1, 0.15) is 37.0 Å². The minimum Gasteiger partial charge on any atom is -0.360 e. The summed E-state index contributed by atoms with van der Waals surface area (Å²) in [6.45, 7) is 3.39. The van der Waals surface area contributed by atoms with Crippen molar-refractivity contribution < 1.29 is 17.9 Å².